The van der Waals surface area contributed by atoms with Gasteiger partial charge in [-0.15, -0.1) is 0 Å². The molecule has 136 valence electrons. The van der Waals surface area contributed by atoms with Crippen LogP contribution in [0.5, 0.6) is 0 Å². The van der Waals surface area contributed by atoms with Crippen molar-refractivity contribution >= 4 is 23.7 Å². The molecular formula is C19H22N4O2S. The number of nitrogens with zero attached hydrogens (tertiary/aromatic N) is 2. The van der Waals surface area contributed by atoms with Crippen LogP contribution in [0.15, 0.2) is 41.7 Å². The van der Waals surface area contributed by atoms with E-state index in [0.29, 0.717) is 6.04 Å². The van der Waals surface area contributed by atoms with Crippen molar-refractivity contribution in [2.24, 2.45) is 0 Å². The second-order valence-electron chi connectivity index (χ2n) is 6.89. The van der Waals surface area contributed by atoms with Gasteiger partial charge in [-0.1, -0.05) is 42.1 Å². The molecule has 1 aromatic heterocycles. The van der Waals surface area contributed by atoms with Gasteiger partial charge >= 0.3 is 6.03 Å². The number of amides is 3. The maximum atomic E-state index is 12.3. The number of imide groups is 1. The molecule has 2 aromatic rings. The zero-order valence-corrected chi connectivity index (χ0v) is 15.5. The van der Waals surface area contributed by atoms with Crippen LogP contribution in [0.1, 0.15) is 38.6 Å². The number of hydrogen-bond acceptors (Lipinski definition) is 4. The number of rotatable bonds is 6. The Bertz CT molecular complexity index is 812. The van der Waals surface area contributed by atoms with Crippen LogP contribution in [0, 0.1) is 0 Å². The molecule has 6 nitrogen and oxygen atoms in total. The summed E-state index contributed by atoms with van der Waals surface area (Å²) < 4.78 is 2.23. The Labute approximate surface area is 156 Å². The molecule has 1 unspecified atom stereocenters. The number of carbonyl (C=O) groups excluding carboxylic acids is 2. The average molecular weight is 370 g/mol. The normalized spacial score (nSPS) is 17.6. The zero-order valence-electron chi connectivity index (χ0n) is 14.6. The van der Waals surface area contributed by atoms with Crippen LogP contribution < -0.4 is 10.6 Å². The third-order valence-electron chi connectivity index (χ3n) is 4.55. The van der Waals surface area contributed by atoms with Crippen molar-refractivity contribution in [3.8, 4) is 11.3 Å². The summed E-state index contributed by atoms with van der Waals surface area (Å²) in [5, 5.41) is 5.63. The molecule has 1 aromatic carbocycles. The van der Waals surface area contributed by atoms with Gasteiger partial charge in [0.15, 0.2) is 5.16 Å². The van der Waals surface area contributed by atoms with E-state index in [0.717, 1.165) is 42.1 Å². The molecule has 26 heavy (non-hydrogen) atoms. The minimum absolute atomic E-state index is 0.230. The number of thioether (sulfide) groups is 1. The molecule has 0 bridgehead atoms. The van der Waals surface area contributed by atoms with Crippen LogP contribution in [0.3, 0.4) is 0 Å². The molecular weight excluding hydrogens is 348 g/mol. The predicted octanol–water partition coefficient (Wildman–Crippen LogP) is 3.35. The molecule has 2 aliphatic rings. The Kier molecular flexibility index (Phi) is 4.72. The smallest absolute Gasteiger partial charge is 0.321 e. The number of benzene rings is 1. The molecule has 7 heteroatoms. The third kappa shape index (κ3) is 3.93. The molecule has 3 amide bonds. The molecule has 0 radical (unpaired) electrons. The lowest BCUT2D eigenvalue weighted by atomic mass is 10.2. The van der Waals surface area contributed by atoms with E-state index in [2.05, 4.69) is 32.3 Å². The molecule has 2 fully saturated rings. The number of urea groups is 1. The van der Waals surface area contributed by atoms with Gasteiger partial charge in [-0.2, -0.15) is 0 Å². The number of imidazole rings is 1. The summed E-state index contributed by atoms with van der Waals surface area (Å²) in [6.07, 6.45) is 6.13. The summed E-state index contributed by atoms with van der Waals surface area (Å²) in [7, 11) is 0. The summed E-state index contributed by atoms with van der Waals surface area (Å²) in [4.78, 5) is 28.6. The van der Waals surface area contributed by atoms with E-state index in [1.54, 1.807) is 6.92 Å². The van der Waals surface area contributed by atoms with Gasteiger partial charge in [0.2, 0.25) is 5.91 Å². The van der Waals surface area contributed by atoms with E-state index in [4.69, 9.17) is 0 Å². The van der Waals surface area contributed by atoms with Crippen molar-refractivity contribution in [3.05, 3.63) is 36.5 Å². The van der Waals surface area contributed by atoms with Crippen LogP contribution >= 0.6 is 11.8 Å². The maximum absolute atomic E-state index is 12.3. The van der Waals surface area contributed by atoms with Crippen molar-refractivity contribution in [1.82, 2.24) is 20.2 Å². The Hall–Kier alpha value is -2.28. The van der Waals surface area contributed by atoms with Gasteiger partial charge in [0.05, 0.1) is 17.1 Å². The van der Waals surface area contributed by atoms with Crippen molar-refractivity contribution < 1.29 is 9.59 Å². The van der Waals surface area contributed by atoms with Crippen LogP contribution in [-0.2, 0) is 4.79 Å². The van der Waals surface area contributed by atoms with Crippen molar-refractivity contribution in [1.29, 1.82) is 0 Å². The average Bonchev–Trinajstić information content (AvgIpc) is 3.56. The number of nitrogens with one attached hydrogen (secondary N) is 2. The quantitative estimate of drug-likeness (QED) is 0.765. The first-order valence-corrected chi connectivity index (χ1v) is 9.90. The summed E-state index contributed by atoms with van der Waals surface area (Å²) in [5.74, 6) is -0.292. The number of carbonyl (C=O) groups is 2. The lowest BCUT2D eigenvalue weighted by molar-refractivity contribution is -0.119. The minimum Gasteiger partial charge on any atom is -0.335 e. The second kappa shape index (κ2) is 7.15. The van der Waals surface area contributed by atoms with Gasteiger partial charge in [-0.05, 0) is 38.2 Å². The minimum atomic E-state index is -0.402. The van der Waals surface area contributed by atoms with Crippen LogP contribution in [-0.4, -0.2) is 32.8 Å². The van der Waals surface area contributed by atoms with Crippen LogP contribution in [0.2, 0.25) is 0 Å². The Morgan fingerprint density at radius 1 is 1.19 bits per heavy atom. The highest BCUT2D eigenvalue weighted by molar-refractivity contribution is 8.00. The highest BCUT2D eigenvalue weighted by Crippen LogP contribution is 2.42. The van der Waals surface area contributed by atoms with Gasteiger partial charge in [0.25, 0.3) is 0 Å². The molecule has 2 saturated carbocycles. The Morgan fingerprint density at radius 3 is 2.58 bits per heavy atom. The van der Waals surface area contributed by atoms with E-state index in [1.165, 1.54) is 11.8 Å². The topological polar surface area (TPSA) is 76.0 Å². The number of aromatic nitrogens is 2. The van der Waals surface area contributed by atoms with Crippen LogP contribution in [0.25, 0.3) is 11.3 Å². The van der Waals surface area contributed by atoms with Crippen molar-refractivity contribution in [2.75, 3.05) is 0 Å². The fraction of sp³-hybridized carbons (Fsp3) is 0.421. The molecule has 0 aliphatic heterocycles. The van der Waals surface area contributed by atoms with E-state index >= 15 is 0 Å². The van der Waals surface area contributed by atoms with E-state index < -0.39 is 11.3 Å². The predicted molar refractivity (Wildman–Crippen MR) is 101 cm³/mol. The SMILES string of the molecule is CC(Sc1ncc(-c2ccccc2)n1C1CC1)C(=O)NC(=O)NC1CC1. The monoisotopic (exact) mass is 370 g/mol. The summed E-state index contributed by atoms with van der Waals surface area (Å²) in [5.41, 5.74) is 2.20. The second-order valence-corrected chi connectivity index (χ2v) is 8.20. The standard InChI is InChI=1S/C19H22N4O2S/c1-12(17(24)22-18(25)21-14-7-8-14)26-19-20-11-16(23(19)15-9-10-15)13-5-3-2-4-6-13/h2-6,11-12,14-15H,7-10H2,1H3,(H2,21,22,24,25). The maximum Gasteiger partial charge on any atom is 0.321 e. The first kappa shape index (κ1) is 17.1. The first-order chi connectivity index (χ1) is 12.6. The highest BCUT2D eigenvalue weighted by atomic mass is 32.2. The summed E-state index contributed by atoms with van der Waals surface area (Å²) in [6, 6.07) is 10.4. The van der Waals surface area contributed by atoms with E-state index in [9.17, 15) is 9.59 Å². The van der Waals surface area contributed by atoms with E-state index in [1.807, 2.05) is 24.4 Å². The van der Waals surface area contributed by atoms with Gasteiger partial charge in [0.1, 0.15) is 0 Å². The summed E-state index contributed by atoms with van der Waals surface area (Å²) >= 11 is 1.40. The van der Waals surface area contributed by atoms with Gasteiger partial charge in [0, 0.05) is 12.1 Å². The molecule has 2 N–H and O–H groups in total. The highest BCUT2D eigenvalue weighted by Gasteiger charge is 2.31. The number of hydrogen-bond donors (Lipinski definition) is 2. The first-order valence-electron chi connectivity index (χ1n) is 9.02. The Morgan fingerprint density at radius 2 is 1.92 bits per heavy atom. The lowest BCUT2D eigenvalue weighted by Gasteiger charge is -2.14. The van der Waals surface area contributed by atoms with Gasteiger partial charge < -0.3 is 9.88 Å². The third-order valence-corrected chi connectivity index (χ3v) is 5.63. The summed E-state index contributed by atoms with van der Waals surface area (Å²) in [6.45, 7) is 1.80. The molecule has 4 rings (SSSR count). The van der Waals surface area contributed by atoms with Crippen molar-refractivity contribution in [2.45, 2.75) is 55.1 Å². The zero-order chi connectivity index (χ0) is 18.1. The van der Waals surface area contributed by atoms with Gasteiger partial charge in [-0.3, -0.25) is 10.1 Å². The fourth-order valence-corrected chi connectivity index (χ4v) is 3.77. The van der Waals surface area contributed by atoms with Crippen molar-refractivity contribution in [3.63, 3.8) is 0 Å². The molecule has 0 spiro atoms. The lowest BCUT2D eigenvalue weighted by Crippen LogP contribution is -2.43. The van der Waals surface area contributed by atoms with E-state index in [-0.39, 0.29) is 11.9 Å². The Balaban J connectivity index is 1.46. The molecule has 0 saturated heterocycles. The molecule has 1 heterocycles. The van der Waals surface area contributed by atoms with Crippen LogP contribution in [0.4, 0.5) is 4.79 Å². The molecule has 2 aliphatic carbocycles. The molecule has 1 atom stereocenters. The largest absolute Gasteiger partial charge is 0.335 e. The van der Waals surface area contributed by atoms with Gasteiger partial charge in [-0.25, -0.2) is 9.78 Å². The fourth-order valence-electron chi connectivity index (χ4n) is 2.81.